The number of carboxylic acid groups (broad SMARTS) is 1. The van der Waals surface area contributed by atoms with Gasteiger partial charge in [-0.15, -0.1) is 0 Å². The fourth-order valence-electron chi connectivity index (χ4n) is 1.82. The molecule has 1 aromatic carbocycles. The van der Waals surface area contributed by atoms with Crippen LogP contribution in [0.1, 0.15) is 30.9 Å². The lowest BCUT2D eigenvalue weighted by atomic mass is 9.97. The van der Waals surface area contributed by atoms with Crippen LogP contribution in [0.5, 0.6) is 0 Å². The molecule has 0 bridgehead atoms. The minimum absolute atomic E-state index is 0.652. The number of carbonyl (C=O) groups is 1. The molecule has 0 saturated heterocycles. The normalized spacial score (nSPS) is 14.1. The fourth-order valence-corrected chi connectivity index (χ4v) is 2.86. The Balaban J connectivity index is 2.29. The Kier molecular flexibility index (Phi) is 6.38. The molecule has 0 spiro atoms. The third-order valence-electron chi connectivity index (χ3n) is 3.51. The number of thioether (sulfide) groups is 1. The Bertz CT molecular complexity index is 422. The monoisotopic (exact) mass is 281 g/mol. The summed E-state index contributed by atoms with van der Waals surface area (Å²) >= 11 is 1.86. The lowest BCUT2D eigenvalue weighted by molar-refractivity contribution is -0.144. The first-order valence-corrected chi connectivity index (χ1v) is 7.69. The highest BCUT2D eigenvalue weighted by Gasteiger charge is 2.29. The van der Waals surface area contributed by atoms with E-state index in [1.54, 1.807) is 14.0 Å². The maximum atomic E-state index is 11.1. The molecule has 0 heterocycles. The van der Waals surface area contributed by atoms with Crippen LogP contribution in [0.25, 0.3) is 0 Å². The number of nitrogens with one attached hydrogen (secondary N) is 1. The summed E-state index contributed by atoms with van der Waals surface area (Å²) in [6.45, 7) is 3.86. The molecule has 0 radical (unpaired) electrons. The van der Waals surface area contributed by atoms with Gasteiger partial charge >= 0.3 is 5.97 Å². The molecule has 4 heteroatoms. The van der Waals surface area contributed by atoms with E-state index in [1.807, 2.05) is 11.8 Å². The van der Waals surface area contributed by atoms with Crippen LogP contribution in [-0.2, 0) is 10.5 Å². The van der Waals surface area contributed by atoms with E-state index in [0.717, 1.165) is 17.9 Å². The van der Waals surface area contributed by atoms with Crippen molar-refractivity contribution in [3.63, 3.8) is 0 Å². The van der Waals surface area contributed by atoms with E-state index in [0.29, 0.717) is 6.42 Å². The topological polar surface area (TPSA) is 49.3 Å². The predicted molar refractivity (Wildman–Crippen MR) is 81.7 cm³/mol. The van der Waals surface area contributed by atoms with Gasteiger partial charge in [-0.25, -0.2) is 0 Å². The van der Waals surface area contributed by atoms with E-state index in [1.165, 1.54) is 11.1 Å². The van der Waals surface area contributed by atoms with Crippen LogP contribution in [0.4, 0.5) is 0 Å². The van der Waals surface area contributed by atoms with Gasteiger partial charge in [0.2, 0.25) is 0 Å². The van der Waals surface area contributed by atoms with Crippen molar-refractivity contribution in [2.75, 3.05) is 12.8 Å². The van der Waals surface area contributed by atoms with Gasteiger partial charge in [0.05, 0.1) is 0 Å². The van der Waals surface area contributed by atoms with Crippen molar-refractivity contribution in [1.29, 1.82) is 0 Å². The Morgan fingerprint density at radius 1 is 1.42 bits per heavy atom. The Morgan fingerprint density at radius 3 is 2.68 bits per heavy atom. The zero-order chi connectivity index (χ0) is 14.3. The molecule has 0 aliphatic heterocycles. The molecule has 0 saturated carbocycles. The van der Waals surface area contributed by atoms with Gasteiger partial charge in [-0.05, 0) is 50.6 Å². The molecule has 19 heavy (non-hydrogen) atoms. The average Bonchev–Trinajstić information content (AvgIpc) is 2.39. The molecule has 0 fully saturated rings. The van der Waals surface area contributed by atoms with Crippen molar-refractivity contribution in [3.8, 4) is 0 Å². The minimum Gasteiger partial charge on any atom is -0.480 e. The van der Waals surface area contributed by atoms with Crippen LogP contribution in [0.2, 0.25) is 0 Å². The third-order valence-corrected chi connectivity index (χ3v) is 4.60. The van der Waals surface area contributed by atoms with Gasteiger partial charge < -0.3 is 10.4 Å². The number of rotatable bonds is 8. The largest absolute Gasteiger partial charge is 0.480 e. The zero-order valence-electron chi connectivity index (χ0n) is 11.9. The van der Waals surface area contributed by atoms with E-state index in [9.17, 15) is 4.79 Å². The van der Waals surface area contributed by atoms with E-state index in [2.05, 4.69) is 36.5 Å². The highest BCUT2D eigenvalue weighted by atomic mass is 32.2. The van der Waals surface area contributed by atoms with E-state index in [-0.39, 0.29) is 0 Å². The molecule has 106 valence electrons. The molecule has 0 aliphatic rings. The van der Waals surface area contributed by atoms with Crippen molar-refractivity contribution in [2.45, 2.75) is 38.0 Å². The van der Waals surface area contributed by atoms with E-state index < -0.39 is 11.5 Å². The third kappa shape index (κ3) is 4.88. The van der Waals surface area contributed by atoms with Crippen LogP contribution in [-0.4, -0.2) is 29.4 Å². The van der Waals surface area contributed by atoms with Crippen molar-refractivity contribution in [1.82, 2.24) is 5.32 Å². The Morgan fingerprint density at radius 2 is 2.11 bits per heavy atom. The molecule has 0 amide bonds. The summed E-state index contributed by atoms with van der Waals surface area (Å²) in [5.74, 6) is 1.20. The van der Waals surface area contributed by atoms with Crippen LogP contribution < -0.4 is 5.32 Å². The van der Waals surface area contributed by atoms with Crippen LogP contribution >= 0.6 is 11.8 Å². The molecule has 1 aromatic rings. The summed E-state index contributed by atoms with van der Waals surface area (Å²) in [5.41, 5.74) is 1.88. The molecular formula is C15H23NO2S. The number of hydrogen-bond acceptors (Lipinski definition) is 3. The van der Waals surface area contributed by atoms with Gasteiger partial charge in [0, 0.05) is 5.75 Å². The molecule has 1 atom stereocenters. The second-order valence-corrected chi connectivity index (χ2v) is 6.08. The maximum absolute atomic E-state index is 11.1. The first-order valence-electron chi connectivity index (χ1n) is 6.54. The van der Waals surface area contributed by atoms with Crippen LogP contribution in [0.3, 0.4) is 0 Å². The summed E-state index contributed by atoms with van der Waals surface area (Å²) in [6, 6.07) is 8.38. The lowest BCUT2D eigenvalue weighted by Gasteiger charge is -2.23. The summed E-state index contributed by atoms with van der Waals surface area (Å²) < 4.78 is 0. The van der Waals surface area contributed by atoms with Crippen LogP contribution in [0, 0.1) is 6.92 Å². The highest BCUT2D eigenvalue weighted by Crippen LogP contribution is 2.19. The van der Waals surface area contributed by atoms with Crippen molar-refractivity contribution < 1.29 is 9.90 Å². The number of hydrogen-bond donors (Lipinski definition) is 2. The highest BCUT2D eigenvalue weighted by molar-refractivity contribution is 7.98. The first-order chi connectivity index (χ1) is 8.99. The lowest BCUT2D eigenvalue weighted by Crippen LogP contribution is -2.47. The number of aryl methyl sites for hydroxylation is 1. The van der Waals surface area contributed by atoms with Gasteiger partial charge in [0.15, 0.2) is 0 Å². The minimum atomic E-state index is -0.802. The molecule has 0 aromatic heterocycles. The molecule has 2 N–H and O–H groups in total. The van der Waals surface area contributed by atoms with Gasteiger partial charge in [-0.3, -0.25) is 4.79 Å². The standard InChI is InChI=1S/C15H23NO2S/c1-12-7-4-5-8-13(12)11-19-10-6-9-15(2,16-3)14(17)18/h4-5,7-8,16H,6,9-11H2,1-3H3,(H,17,18). The summed E-state index contributed by atoms with van der Waals surface area (Å²) in [7, 11) is 1.70. The zero-order valence-corrected chi connectivity index (χ0v) is 12.7. The number of benzene rings is 1. The molecular weight excluding hydrogens is 258 g/mol. The second kappa shape index (κ2) is 7.56. The SMILES string of the molecule is CNC(C)(CCCSCc1ccccc1C)C(=O)O. The molecule has 3 nitrogen and oxygen atoms in total. The Hall–Kier alpha value is -1.00. The fraction of sp³-hybridized carbons (Fsp3) is 0.533. The van der Waals surface area contributed by atoms with Gasteiger partial charge in [0.1, 0.15) is 5.54 Å². The van der Waals surface area contributed by atoms with E-state index in [4.69, 9.17) is 5.11 Å². The predicted octanol–water partition coefficient (Wildman–Crippen LogP) is 3.07. The van der Waals surface area contributed by atoms with E-state index >= 15 is 0 Å². The number of carboxylic acids is 1. The van der Waals surface area contributed by atoms with Crippen molar-refractivity contribution in [3.05, 3.63) is 35.4 Å². The smallest absolute Gasteiger partial charge is 0.323 e. The number of likely N-dealkylation sites (N-methyl/N-ethyl adjacent to an activating group) is 1. The summed E-state index contributed by atoms with van der Waals surface area (Å²) in [4.78, 5) is 11.1. The van der Waals surface area contributed by atoms with Crippen molar-refractivity contribution in [2.24, 2.45) is 0 Å². The first kappa shape index (κ1) is 16.1. The summed E-state index contributed by atoms with van der Waals surface area (Å²) in [6.07, 6.45) is 1.56. The average molecular weight is 281 g/mol. The van der Waals surface area contributed by atoms with Gasteiger partial charge in [-0.2, -0.15) is 11.8 Å². The number of aliphatic carboxylic acids is 1. The molecule has 1 unspecified atom stereocenters. The Labute approximate surface area is 119 Å². The molecule has 0 aliphatic carbocycles. The van der Waals surface area contributed by atoms with Gasteiger partial charge in [0.25, 0.3) is 0 Å². The van der Waals surface area contributed by atoms with Crippen molar-refractivity contribution >= 4 is 17.7 Å². The van der Waals surface area contributed by atoms with Crippen LogP contribution in [0.15, 0.2) is 24.3 Å². The molecule has 1 rings (SSSR count). The van der Waals surface area contributed by atoms with Gasteiger partial charge in [-0.1, -0.05) is 24.3 Å². The summed E-state index contributed by atoms with van der Waals surface area (Å²) in [5, 5.41) is 12.0. The quantitative estimate of drug-likeness (QED) is 0.719. The maximum Gasteiger partial charge on any atom is 0.323 e. The second-order valence-electron chi connectivity index (χ2n) is 4.97.